The Morgan fingerprint density at radius 2 is 2.24 bits per heavy atom. The molecule has 25 heavy (non-hydrogen) atoms. The Morgan fingerprint density at radius 1 is 1.36 bits per heavy atom. The number of hydrogen-bond acceptors (Lipinski definition) is 4. The molecule has 1 fully saturated rings. The molecule has 8 nitrogen and oxygen atoms in total. The first-order valence-corrected chi connectivity index (χ1v) is 8.73. The summed E-state index contributed by atoms with van der Waals surface area (Å²) >= 11 is 0. The van der Waals surface area contributed by atoms with E-state index < -0.39 is 0 Å². The number of nitrogens with zero attached hydrogens (tertiary/aromatic N) is 6. The van der Waals surface area contributed by atoms with Crippen LogP contribution in [-0.2, 0) is 13.1 Å². The molecular formula is C17H19N7O. The van der Waals surface area contributed by atoms with Gasteiger partial charge in [0.1, 0.15) is 5.82 Å². The molecule has 1 saturated carbocycles. The van der Waals surface area contributed by atoms with Crippen molar-refractivity contribution in [2.24, 2.45) is 5.92 Å². The monoisotopic (exact) mass is 337 g/mol. The van der Waals surface area contributed by atoms with E-state index in [4.69, 9.17) is 0 Å². The maximum atomic E-state index is 12.9. The van der Waals surface area contributed by atoms with E-state index in [9.17, 15) is 4.79 Å². The first-order valence-electron chi connectivity index (χ1n) is 8.73. The molecule has 5 rings (SSSR count). The molecule has 4 aromatic heterocycles. The minimum atomic E-state index is -0.0836. The SMILES string of the molecule is CCCn1c(=O)c2[nH]c(-c3cnn(CC4CC4)c3)nc2n2ccnc12. The summed E-state index contributed by atoms with van der Waals surface area (Å²) in [6.07, 6.45) is 10.8. The van der Waals surface area contributed by atoms with Crippen LogP contribution in [0.15, 0.2) is 29.6 Å². The molecule has 0 aromatic carbocycles. The predicted molar refractivity (Wildman–Crippen MR) is 93.3 cm³/mol. The van der Waals surface area contributed by atoms with Crippen LogP contribution < -0.4 is 5.56 Å². The number of fused-ring (bicyclic) bond motifs is 3. The molecule has 0 spiro atoms. The van der Waals surface area contributed by atoms with Crippen LogP contribution in [0.25, 0.3) is 28.3 Å². The number of aromatic nitrogens is 7. The largest absolute Gasteiger partial charge is 0.332 e. The third-order valence-corrected chi connectivity index (χ3v) is 4.73. The minimum absolute atomic E-state index is 0.0836. The number of aryl methyl sites for hydroxylation is 1. The highest BCUT2D eigenvalue weighted by Gasteiger charge is 2.22. The van der Waals surface area contributed by atoms with Crippen LogP contribution in [0.5, 0.6) is 0 Å². The maximum Gasteiger partial charge on any atom is 0.280 e. The van der Waals surface area contributed by atoms with Gasteiger partial charge in [-0.2, -0.15) is 5.10 Å². The van der Waals surface area contributed by atoms with E-state index in [1.165, 1.54) is 12.8 Å². The molecule has 4 heterocycles. The molecule has 0 saturated heterocycles. The molecule has 4 aromatic rings. The third-order valence-electron chi connectivity index (χ3n) is 4.73. The number of aromatic amines is 1. The quantitative estimate of drug-likeness (QED) is 0.604. The maximum absolute atomic E-state index is 12.9. The molecular weight excluding hydrogens is 318 g/mol. The Morgan fingerprint density at radius 3 is 3.04 bits per heavy atom. The van der Waals surface area contributed by atoms with Crippen molar-refractivity contribution in [1.29, 1.82) is 0 Å². The van der Waals surface area contributed by atoms with Crippen LogP contribution in [0, 0.1) is 5.92 Å². The minimum Gasteiger partial charge on any atom is -0.332 e. The van der Waals surface area contributed by atoms with Crippen LogP contribution in [0.2, 0.25) is 0 Å². The van der Waals surface area contributed by atoms with Crippen LogP contribution in [0.1, 0.15) is 26.2 Å². The van der Waals surface area contributed by atoms with Gasteiger partial charge in [-0.25, -0.2) is 9.97 Å². The fraction of sp³-hybridized carbons (Fsp3) is 0.412. The van der Waals surface area contributed by atoms with Crippen molar-refractivity contribution in [1.82, 2.24) is 33.7 Å². The Kier molecular flexibility index (Phi) is 3.06. The predicted octanol–water partition coefficient (Wildman–Crippen LogP) is 2.06. The lowest BCUT2D eigenvalue weighted by Crippen LogP contribution is -2.23. The highest BCUT2D eigenvalue weighted by Crippen LogP contribution is 2.30. The Bertz CT molecular complexity index is 1130. The summed E-state index contributed by atoms with van der Waals surface area (Å²) in [7, 11) is 0. The van der Waals surface area contributed by atoms with Gasteiger partial charge in [0.05, 0.1) is 11.8 Å². The summed E-state index contributed by atoms with van der Waals surface area (Å²) in [5, 5.41) is 4.42. The summed E-state index contributed by atoms with van der Waals surface area (Å²) in [6.45, 7) is 3.63. The molecule has 1 N–H and O–H groups in total. The van der Waals surface area contributed by atoms with Gasteiger partial charge in [-0.3, -0.25) is 18.4 Å². The van der Waals surface area contributed by atoms with E-state index >= 15 is 0 Å². The highest BCUT2D eigenvalue weighted by molar-refractivity contribution is 5.77. The lowest BCUT2D eigenvalue weighted by molar-refractivity contribution is 0.563. The third kappa shape index (κ3) is 2.28. The van der Waals surface area contributed by atoms with Gasteiger partial charge in [-0.05, 0) is 25.2 Å². The second-order valence-electron chi connectivity index (χ2n) is 6.73. The zero-order valence-corrected chi connectivity index (χ0v) is 14.0. The number of rotatable bonds is 5. The fourth-order valence-electron chi connectivity index (χ4n) is 3.29. The van der Waals surface area contributed by atoms with Gasteiger partial charge in [-0.1, -0.05) is 6.92 Å². The molecule has 0 aliphatic heterocycles. The van der Waals surface area contributed by atoms with Crippen LogP contribution in [-0.4, -0.2) is 33.7 Å². The zero-order chi connectivity index (χ0) is 17.0. The molecule has 8 heteroatoms. The van der Waals surface area contributed by atoms with Crippen molar-refractivity contribution in [3.8, 4) is 11.4 Å². The number of hydrogen-bond donors (Lipinski definition) is 1. The number of imidazole rings is 2. The molecule has 0 atom stereocenters. The Balaban J connectivity index is 1.66. The van der Waals surface area contributed by atoms with Crippen LogP contribution in [0.4, 0.5) is 0 Å². The van der Waals surface area contributed by atoms with Crippen molar-refractivity contribution in [2.75, 3.05) is 0 Å². The van der Waals surface area contributed by atoms with Gasteiger partial charge in [0.25, 0.3) is 5.56 Å². The molecule has 0 unspecified atom stereocenters. The summed E-state index contributed by atoms with van der Waals surface area (Å²) in [5.41, 5.74) is 1.92. The summed E-state index contributed by atoms with van der Waals surface area (Å²) < 4.78 is 5.52. The summed E-state index contributed by atoms with van der Waals surface area (Å²) in [4.78, 5) is 25.0. The standard InChI is InChI=1S/C17H19N7O/c1-2-6-24-16(25)13-15(23-7-5-18-17(23)24)21-14(20-13)12-8-19-22(10-12)9-11-3-4-11/h5,7-8,10-11H,2-4,6,9H2,1H3,(H,20,21). The van der Waals surface area contributed by atoms with Gasteiger partial charge in [0.2, 0.25) is 5.78 Å². The van der Waals surface area contributed by atoms with Crippen molar-refractivity contribution in [2.45, 2.75) is 39.3 Å². The first kappa shape index (κ1) is 14.4. The molecule has 128 valence electrons. The summed E-state index contributed by atoms with van der Waals surface area (Å²) in [6, 6.07) is 0. The van der Waals surface area contributed by atoms with Crippen molar-refractivity contribution in [3.05, 3.63) is 35.1 Å². The van der Waals surface area contributed by atoms with Crippen LogP contribution in [0.3, 0.4) is 0 Å². The van der Waals surface area contributed by atoms with Crippen LogP contribution >= 0.6 is 0 Å². The van der Waals surface area contributed by atoms with Crippen molar-refractivity contribution >= 4 is 16.9 Å². The molecule has 1 aliphatic rings. The van der Waals surface area contributed by atoms with E-state index in [0.717, 1.165) is 24.4 Å². The smallest absolute Gasteiger partial charge is 0.280 e. The fourth-order valence-corrected chi connectivity index (χ4v) is 3.29. The highest BCUT2D eigenvalue weighted by atomic mass is 16.1. The average Bonchev–Trinajstić information content (AvgIpc) is 3.04. The van der Waals surface area contributed by atoms with E-state index in [1.807, 2.05) is 28.4 Å². The van der Waals surface area contributed by atoms with Gasteiger partial charge in [0.15, 0.2) is 11.2 Å². The second-order valence-corrected chi connectivity index (χ2v) is 6.73. The molecule has 0 radical (unpaired) electrons. The lowest BCUT2D eigenvalue weighted by atomic mass is 10.3. The van der Waals surface area contributed by atoms with E-state index in [1.54, 1.807) is 17.0 Å². The zero-order valence-electron chi connectivity index (χ0n) is 14.0. The van der Waals surface area contributed by atoms with E-state index in [0.29, 0.717) is 29.3 Å². The lowest BCUT2D eigenvalue weighted by Gasteiger charge is -2.05. The van der Waals surface area contributed by atoms with Gasteiger partial charge < -0.3 is 4.98 Å². The Hall–Kier alpha value is -2.90. The normalized spacial score (nSPS) is 14.8. The molecule has 1 aliphatic carbocycles. The number of H-pyrrole nitrogens is 1. The molecule has 0 amide bonds. The average molecular weight is 337 g/mol. The van der Waals surface area contributed by atoms with Gasteiger partial charge in [-0.15, -0.1) is 0 Å². The first-order chi connectivity index (χ1) is 12.2. The molecule has 0 bridgehead atoms. The summed E-state index contributed by atoms with van der Waals surface area (Å²) in [5.74, 6) is 2.05. The Labute approximate surface area is 143 Å². The van der Waals surface area contributed by atoms with Crippen molar-refractivity contribution in [3.63, 3.8) is 0 Å². The van der Waals surface area contributed by atoms with E-state index in [2.05, 4.69) is 20.1 Å². The number of nitrogens with one attached hydrogen (secondary N) is 1. The topological polar surface area (TPSA) is 85.8 Å². The van der Waals surface area contributed by atoms with Gasteiger partial charge in [0, 0.05) is 31.7 Å². The van der Waals surface area contributed by atoms with Crippen molar-refractivity contribution < 1.29 is 0 Å². The van der Waals surface area contributed by atoms with Gasteiger partial charge >= 0.3 is 0 Å². The second kappa shape index (κ2) is 5.30. The van der Waals surface area contributed by atoms with E-state index in [-0.39, 0.29) is 5.56 Å².